The molecule has 114 valence electrons. The van der Waals surface area contributed by atoms with Gasteiger partial charge in [0.1, 0.15) is 6.61 Å². The summed E-state index contributed by atoms with van der Waals surface area (Å²) in [6.07, 6.45) is 1.08. The van der Waals surface area contributed by atoms with E-state index in [2.05, 4.69) is 13.8 Å². The molecule has 0 aliphatic rings. The van der Waals surface area contributed by atoms with Gasteiger partial charge in [-0.05, 0) is 37.0 Å². The van der Waals surface area contributed by atoms with E-state index in [0.717, 1.165) is 30.1 Å². The van der Waals surface area contributed by atoms with Crippen molar-refractivity contribution < 1.29 is 14.2 Å². The number of hydrogen-bond acceptors (Lipinski definition) is 4. The van der Waals surface area contributed by atoms with Gasteiger partial charge in [0.25, 0.3) is 0 Å². The fourth-order valence-electron chi connectivity index (χ4n) is 1.70. The van der Waals surface area contributed by atoms with Gasteiger partial charge in [0, 0.05) is 13.2 Å². The summed E-state index contributed by atoms with van der Waals surface area (Å²) in [5, 5.41) is 0. The smallest absolute Gasteiger partial charge is 0.161 e. The van der Waals surface area contributed by atoms with Crippen molar-refractivity contribution in [3.8, 4) is 11.5 Å². The van der Waals surface area contributed by atoms with Gasteiger partial charge in [-0.2, -0.15) is 0 Å². The first-order chi connectivity index (χ1) is 9.67. The fourth-order valence-corrected chi connectivity index (χ4v) is 1.70. The van der Waals surface area contributed by atoms with Crippen LogP contribution < -0.4 is 15.2 Å². The van der Waals surface area contributed by atoms with E-state index in [1.165, 1.54) is 0 Å². The number of hydrogen-bond donors (Lipinski definition) is 1. The topological polar surface area (TPSA) is 53.7 Å². The van der Waals surface area contributed by atoms with Crippen molar-refractivity contribution in [3.05, 3.63) is 23.8 Å². The largest absolute Gasteiger partial charge is 0.490 e. The van der Waals surface area contributed by atoms with E-state index >= 15 is 0 Å². The third-order valence-electron chi connectivity index (χ3n) is 2.87. The highest BCUT2D eigenvalue weighted by molar-refractivity contribution is 5.43. The standard InChI is InChI=1S/C16H27NO3/c1-4-19-16-11-14(12-17)5-6-15(16)20-10-9-18-8-7-13(2)3/h5-6,11,13H,4,7-10,12,17H2,1-3H3. The van der Waals surface area contributed by atoms with Gasteiger partial charge in [0.2, 0.25) is 0 Å². The fraction of sp³-hybridized carbons (Fsp3) is 0.625. The van der Waals surface area contributed by atoms with Crippen LogP contribution in [0.15, 0.2) is 18.2 Å². The molecule has 0 amide bonds. The van der Waals surface area contributed by atoms with Crippen LogP contribution in [0.25, 0.3) is 0 Å². The Labute approximate surface area is 122 Å². The second-order valence-electron chi connectivity index (χ2n) is 5.06. The maximum atomic E-state index is 5.71. The van der Waals surface area contributed by atoms with Crippen LogP contribution in [0.5, 0.6) is 11.5 Å². The molecule has 0 radical (unpaired) electrons. The Balaban J connectivity index is 2.38. The van der Waals surface area contributed by atoms with Gasteiger partial charge in [-0.3, -0.25) is 0 Å². The monoisotopic (exact) mass is 281 g/mol. The Kier molecular flexibility index (Phi) is 8.07. The molecule has 0 heterocycles. The summed E-state index contributed by atoms with van der Waals surface area (Å²) in [6, 6.07) is 5.79. The van der Waals surface area contributed by atoms with Crippen molar-refractivity contribution in [3.63, 3.8) is 0 Å². The lowest BCUT2D eigenvalue weighted by Crippen LogP contribution is -2.09. The average Bonchev–Trinajstić information content (AvgIpc) is 2.43. The third-order valence-corrected chi connectivity index (χ3v) is 2.87. The van der Waals surface area contributed by atoms with Crippen LogP contribution >= 0.6 is 0 Å². The Morgan fingerprint density at radius 1 is 1.05 bits per heavy atom. The second kappa shape index (κ2) is 9.61. The molecular formula is C16H27NO3. The van der Waals surface area contributed by atoms with Crippen molar-refractivity contribution >= 4 is 0 Å². The summed E-state index contributed by atoms with van der Waals surface area (Å²) < 4.78 is 16.8. The van der Waals surface area contributed by atoms with Crippen molar-refractivity contribution in [2.24, 2.45) is 11.7 Å². The molecule has 0 atom stereocenters. The zero-order chi connectivity index (χ0) is 14.8. The molecule has 0 saturated carbocycles. The molecule has 1 aromatic carbocycles. The van der Waals surface area contributed by atoms with Gasteiger partial charge in [0.15, 0.2) is 11.5 Å². The SMILES string of the molecule is CCOc1cc(CN)ccc1OCCOCCC(C)C. The quantitative estimate of drug-likeness (QED) is 0.670. The van der Waals surface area contributed by atoms with E-state index in [0.29, 0.717) is 32.3 Å². The van der Waals surface area contributed by atoms with Gasteiger partial charge >= 0.3 is 0 Å². The maximum Gasteiger partial charge on any atom is 0.161 e. The molecule has 0 aliphatic heterocycles. The molecule has 0 saturated heterocycles. The lowest BCUT2D eigenvalue weighted by atomic mass is 10.1. The molecular weight excluding hydrogens is 254 g/mol. The van der Waals surface area contributed by atoms with E-state index in [4.69, 9.17) is 19.9 Å². The van der Waals surface area contributed by atoms with E-state index < -0.39 is 0 Å². The van der Waals surface area contributed by atoms with Crippen LogP contribution in [0.4, 0.5) is 0 Å². The van der Waals surface area contributed by atoms with Crippen LogP contribution in [-0.2, 0) is 11.3 Å². The van der Waals surface area contributed by atoms with Crippen LogP contribution in [0.1, 0.15) is 32.8 Å². The molecule has 1 aromatic rings. The Hall–Kier alpha value is -1.26. The van der Waals surface area contributed by atoms with Crippen LogP contribution in [0, 0.1) is 5.92 Å². The van der Waals surface area contributed by atoms with Gasteiger partial charge < -0.3 is 19.9 Å². The molecule has 0 aromatic heterocycles. The van der Waals surface area contributed by atoms with Crippen molar-refractivity contribution in [2.75, 3.05) is 26.4 Å². The molecule has 2 N–H and O–H groups in total. The van der Waals surface area contributed by atoms with Gasteiger partial charge in [0.05, 0.1) is 13.2 Å². The highest BCUT2D eigenvalue weighted by Gasteiger charge is 2.06. The first kappa shape index (κ1) is 16.8. The minimum absolute atomic E-state index is 0.499. The van der Waals surface area contributed by atoms with Gasteiger partial charge in [-0.1, -0.05) is 19.9 Å². The molecule has 0 bridgehead atoms. The lowest BCUT2D eigenvalue weighted by molar-refractivity contribution is 0.0914. The molecule has 0 aliphatic carbocycles. The van der Waals surface area contributed by atoms with Crippen LogP contribution in [0.3, 0.4) is 0 Å². The van der Waals surface area contributed by atoms with E-state index in [-0.39, 0.29) is 0 Å². The molecule has 0 fully saturated rings. The normalized spacial score (nSPS) is 10.8. The maximum absolute atomic E-state index is 5.71. The van der Waals surface area contributed by atoms with Crippen LogP contribution in [-0.4, -0.2) is 26.4 Å². The van der Waals surface area contributed by atoms with E-state index in [1.54, 1.807) is 0 Å². The number of rotatable bonds is 10. The van der Waals surface area contributed by atoms with E-state index in [1.807, 2.05) is 25.1 Å². The highest BCUT2D eigenvalue weighted by atomic mass is 16.5. The van der Waals surface area contributed by atoms with Gasteiger partial charge in [-0.15, -0.1) is 0 Å². The minimum Gasteiger partial charge on any atom is -0.490 e. The zero-order valence-corrected chi connectivity index (χ0v) is 12.9. The summed E-state index contributed by atoms with van der Waals surface area (Å²) in [6.45, 7) is 9.34. The molecule has 0 unspecified atom stereocenters. The predicted molar refractivity (Wildman–Crippen MR) is 81.3 cm³/mol. The summed E-state index contributed by atoms with van der Waals surface area (Å²) in [4.78, 5) is 0. The van der Waals surface area contributed by atoms with Crippen molar-refractivity contribution in [1.29, 1.82) is 0 Å². The van der Waals surface area contributed by atoms with Gasteiger partial charge in [-0.25, -0.2) is 0 Å². The Bertz CT molecular complexity index is 380. The lowest BCUT2D eigenvalue weighted by Gasteiger charge is -2.13. The average molecular weight is 281 g/mol. The summed E-state index contributed by atoms with van der Waals surface area (Å²) >= 11 is 0. The minimum atomic E-state index is 0.499. The number of benzene rings is 1. The predicted octanol–water partition coefficient (Wildman–Crippen LogP) is 2.99. The molecule has 4 nitrogen and oxygen atoms in total. The third kappa shape index (κ3) is 6.26. The molecule has 20 heavy (non-hydrogen) atoms. The molecule has 1 rings (SSSR count). The second-order valence-corrected chi connectivity index (χ2v) is 5.06. The summed E-state index contributed by atoms with van der Waals surface area (Å²) in [5.41, 5.74) is 6.66. The number of nitrogens with two attached hydrogens (primary N) is 1. The number of ether oxygens (including phenoxy) is 3. The zero-order valence-electron chi connectivity index (χ0n) is 12.9. The summed E-state index contributed by atoms with van der Waals surface area (Å²) in [7, 11) is 0. The first-order valence-electron chi connectivity index (χ1n) is 7.33. The first-order valence-corrected chi connectivity index (χ1v) is 7.33. The van der Waals surface area contributed by atoms with E-state index in [9.17, 15) is 0 Å². The molecule has 0 spiro atoms. The molecule has 4 heteroatoms. The van der Waals surface area contributed by atoms with Crippen molar-refractivity contribution in [2.45, 2.75) is 33.7 Å². The Morgan fingerprint density at radius 3 is 2.50 bits per heavy atom. The summed E-state index contributed by atoms with van der Waals surface area (Å²) in [5.74, 6) is 2.17. The van der Waals surface area contributed by atoms with Crippen LogP contribution in [0.2, 0.25) is 0 Å². The van der Waals surface area contributed by atoms with Crippen molar-refractivity contribution in [1.82, 2.24) is 0 Å². The highest BCUT2D eigenvalue weighted by Crippen LogP contribution is 2.28. The Morgan fingerprint density at radius 2 is 1.85 bits per heavy atom.